The molecule has 0 N–H and O–H groups in total. The van der Waals surface area contributed by atoms with Crippen molar-refractivity contribution < 1.29 is 27.2 Å². The van der Waals surface area contributed by atoms with Crippen molar-refractivity contribution >= 4 is 33.5 Å². The Hall–Kier alpha value is -2.40. The summed E-state index contributed by atoms with van der Waals surface area (Å²) in [5, 5.41) is 0.414. The van der Waals surface area contributed by atoms with E-state index in [1.165, 1.54) is 30.0 Å². The molecule has 1 amide bonds. The Morgan fingerprint density at radius 3 is 2.72 bits per heavy atom. The van der Waals surface area contributed by atoms with Crippen LogP contribution in [0, 0.1) is 6.92 Å². The van der Waals surface area contributed by atoms with Crippen molar-refractivity contribution in [3.8, 4) is 11.6 Å². The van der Waals surface area contributed by atoms with Crippen LogP contribution in [0.5, 0.6) is 0 Å². The third-order valence-corrected chi connectivity index (χ3v) is 7.10. The number of sulfone groups is 1. The van der Waals surface area contributed by atoms with Gasteiger partial charge in [-0.2, -0.15) is 0 Å². The number of thioether (sulfide) groups is 1. The summed E-state index contributed by atoms with van der Waals surface area (Å²) in [4.78, 5) is 34.9. The Kier molecular flexibility index (Phi) is 6.27. The Morgan fingerprint density at radius 1 is 1.38 bits per heavy atom. The van der Waals surface area contributed by atoms with Crippen LogP contribution in [-0.4, -0.2) is 72.6 Å². The first-order valence-corrected chi connectivity index (χ1v) is 11.9. The zero-order valence-electron chi connectivity index (χ0n) is 16.2. The zero-order valence-corrected chi connectivity index (χ0v) is 17.9. The summed E-state index contributed by atoms with van der Waals surface area (Å²) < 4.78 is 33.7. The summed E-state index contributed by atoms with van der Waals surface area (Å²) in [6, 6.07) is 3.03. The molecule has 1 fully saturated rings. The first kappa shape index (κ1) is 21.3. The van der Waals surface area contributed by atoms with Crippen molar-refractivity contribution in [1.29, 1.82) is 0 Å². The summed E-state index contributed by atoms with van der Waals surface area (Å²) in [5.41, 5.74) is 0.593. The zero-order chi connectivity index (χ0) is 21.2. The molecule has 1 aliphatic heterocycles. The van der Waals surface area contributed by atoms with E-state index in [2.05, 4.69) is 9.97 Å². The normalized spacial score (nSPS) is 17.8. The second-order valence-electron chi connectivity index (χ2n) is 6.63. The minimum atomic E-state index is -3.11. The highest BCUT2D eigenvalue weighted by Gasteiger charge is 2.33. The maximum atomic E-state index is 12.6. The maximum absolute atomic E-state index is 12.6. The van der Waals surface area contributed by atoms with Crippen LogP contribution in [0.2, 0.25) is 0 Å². The molecule has 9 nitrogen and oxygen atoms in total. The third kappa shape index (κ3) is 4.78. The van der Waals surface area contributed by atoms with Gasteiger partial charge in [-0.15, -0.1) is 11.8 Å². The van der Waals surface area contributed by atoms with Crippen molar-refractivity contribution in [1.82, 2.24) is 14.9 Å². The van der Waals surface area contributed by atoms with E-state index in [9.17, 15) is 18.0 Å². The van der Waals surface area contributed by atoms with Crippen LogP contribution in [0.25, 0.3) is 11.6 Å². The van der Waals surface area contributed by atoms with E-state index in [4.69, 9.17) is 9.15 Å². The van der Waals surface area contributed by atoms with Gasteiger partial charge in [0, 0.05) is 13.1 Å². The van der Waals surface area contributed by atoms with Gasteiger partial charge >= 0.3 is 5.97 Å². The standard InChI is InChI=1S/C18H21N3O6S2/c1-11-15(17(28-3)20-16(19-11)13-5-4-7-26-13)18(23)27-9-14(22)21(2)12-6-8-29(24,25)10-12/h4-5,7,12H,6,8-10H2,1-3H3/t12-/m0/s1. The maximum Gasteiger partial charge on any atom is 0.343 e. The molecule has 0 radical (unpaired) electrons. The molecule has 11 heteroatoms. The van der Waals surface area contributed by atoms with Crippen LogP contribution in [0.4, 0.5) is 0 Å². The fourth-order valence-electron chi connectivity index (χ4n) is 3.03. The van der Waals surface area contributed by atoms with E-state index >= 15 is 0 Å². The fraction of sp³-hybridized carbons (Fsp3) is 0.444. The lowest BCUT2D eigenvalue weighted by Crippen LogP contribution is -2.40. The van der Waals surface area contributed by atoms with Crippen LogP contribution < -0.4 is 0 Å². The topological polar surface area (TPSA) is 120 Å². The van der Waals surface area contributed by atoms with Crippen LogP contribution in [0.3, 0.4) is 0 Å². The Balaban J connectivity index is 1.70. The van der Waals surface area contributed by atoms with Gasteiger partial charge in [-0.3, -0.25) is 4.79 Å². The molecule has 3 rings (SSSR count). The summed E-state index contributed by atoms with van der Waals surface area (Å²) >= 11 is 1.25. The minimum absolute atomic E-state index is 0.0602. The number of furan rings is 1. The van der Waals surface area contributed by atoms with Gasteiger partial charge in [-0.05, 0) is 31.7 Å². The molecule has 1 saturated heterocycles. The Bertz CT molecular complexity index is 1020. The molecule has 0 unspecified atom stereocenters. The lowest BCUT2D eigenvalue weighted by Gasteiger charge is -2.23. The molecule has 3 heterocycles. The first-order chi connectivity index (χ1) is 13.7. The third-order valence-electron chi connectivity index (χ3n) is 4.67. The van der Waals surface area contributed by atoms with E-state index in [1.807, 2.05) is 0 Å². The van der Waals surface area contributed by atoms with E-state index in [0.717, 1.165) is 0 Å². The number of rotatable bonds is 6. The van der Waals surface area contributed by atoms with Crippen LogP contribution in [0.1, 0.15) is 22.5 Å². The Morgan fingerprint density at radius 2 is 2.14 bits per heavy atom. The number of carbonyl (C=O) groups excluding carboxylic acids is 2. The van der Waals surface area contributed by atoms with Crippen LogP contribution in [-0.2, 0) is 19.4 Å². The van der Waals surface area contributed by atoms with Gasteiger partial charge in [0.05, 0.1) is 23.5 Å². The summed E-state index contributed by atoms with van der Waals surface area (Å²) in [5.74, 6) is -0.347. The van der Waals surface area contributed by atoms with E-state index < -0.39 is 34.4 Å². The molecule has 2 aromatic rings. The molecule has 0 spiro atoms. The highest BCUT2D eigenvalue weighted by molar-refractivity contribution is 7.98. The van der Waals surface area contributed by atoms with Crippen molar-refractivity contribution in [3.63, 3.8) is 0 Å². The smallest absolute Gasteiger partial charge is 0.343 e. The van der Waals surface area contributed by atoms with Crippen molar-refractivity contribution in [2.45, 2.75) is 24.4 Å². The lowest BCUT2D eigenvalue weighted by molar-refractivity contribution is -0.134. The molecule has 0 aromatic carbocycles. The van der Waals surface area contributed by atoms with Crippen LogP contribution >= 0.6 is 11.8 Å². The van der Waals surface area contributed by atoms with Gasteiger partial charge in [0.2, 0.25) is 0 Å². The average Bonchev–Trinajstić information content (AvgIpc) is 3.34. The predicted octanol–water partition coefficient (Wildman–Crippen LogP) is 1.57. The number of aryl methyl sites for hydroxylation is 1. The van der Waals surface area contributed by atoms with Gasteiger partial charge in [-0.25, -0.2) is 23.2 Å². The van der Waals surface area contributed by atoms with Gasteiger partial charge < -0.3 is 14.1 Å². The number of aromatic nitrogens is 2. The number of ether oxygens (including phenoxy) is 1. The first-order valence-electron chi connectivity index (χ1n) is 8.81. The predicted molar refractivity (Wildman–Crippen MR) is 106 cm³/mol. The SMILES string of the molecule is CSc1nc(-c2ccco2)nc(C)c1C(=O)OCC(=O)N(C)[C@H]1CCS(=O)(=O)C1. The number of hydrogen-bond acceptors (Lipinski definition) is 9. The van der Waals surface area contributed by atoms with E-state index in [-0.39, 0.29) is 17.1 Å². The highest BCUT2D eigenvalue weighted by atomic mass is 32.2. The molecule has 1 atom stereocenters. The number of likely N-dealkylation sites (N-methyl/N-ethyl adjacent to an activating group) is 1. The van der Waals surface area contributed by atoms with E-state index in [0.29, 0.717) is 28.7 Å². The molecule has 156 valence electrons. The largest absolute Gasteiger partial charge is 0.461 e. The Labute approximate surface area is 172 Å². The monoisotopic (exact) mass is 439 g/mol. The molecular weight excluding hydrogens is 418 g/mol. The quantitative estimate of drug-likeness (QED) is 0.375. The van der Waals surface area contributed by atoms with Gasteiger partial charge in [0.15, 0.2) is 28.0 Å². The summed E-state index contributed by atoms with van der Waals surface area (Å²) in [6.07, 6.45) is 3.66. The van der Waals surface area contributed by atoms with Gasteiger partial charge in [0.1, 0.15) is 10.6 Å². The number of carbonyl (C=O) groups is 2. The summed E-state index contributed by atoms with van der Waals surface area (Å²) in [7, 11) is -1.60. The average molecular weight is 440 g/mol. The lowest BCUT2D eigenvalue weighted by atomic mass is 10.2. The van der Waals surface area contributed by atoms with Crippen molar-refractivity contribution in [2.75, 3.05) is 31.4 Å². The van der Waals surface area contributed by atoms with Gasteiger partial charge in [0.25, 0.3) is 5.91 Å². The van der Waals surface area contributed by atoms with Crippen LogP contribution in [0.15, 0.2) is 27.8 Å². The minimum Gasteiger partial charge on any atom is -0.461 e. The summed E-state index contributed by atoms with van der Waals surface area (Å²) in [6.45, 7) is 1.17. The van der Waals surface area contributed by atoms with Gasteiger partial charge in [-0.1, -0.05) is 0 Å². The molecule has 0 bridgehead atoms. The number of hydrogen-bond donors (Lipinski definition) is 0. The number of amides is 1. The number of nitrogens with zero attached hydrogens (tertiary/aromatic N) is 3. The molecule has 0 saturated carbocycles. The molecule has 0 aliphatic carbocycles. The molecule has 2 aromatic heterocycles. The molecule has 29 heavy (non-hydrogen) atoms. The second-order valence-corrected chi connectivity index (χ2v) is 9.66. The number of esters is 1. The second kappa shape index (κ2) is 8.54. The molecular formula is C18H21N3O6S2. The highest BCUT2D eigenvalue weighted by Crippen LogP contribution is 2.26. The van der Waals surface area contributed by atoms with E-state index in [1.54, 1.807) is 25.3 Å². The molecule has 1 aliphatic rings. The van der Waals surface area contributed by atoms with Crippen molar-refractivity contribution in [3.05, 3.63) is 29.7 Å². The fourth-order valence-corrected chi connectivity index (χ4v) is 5.42. The van der Waals surface area contributed by atoms with Crippen molar-refractivity contribution in [2.24, 2.45) is 0 Å².